The normalized spacial score (nSPS) is 25.1. The lowest BCUT2D eigenvalue weighted by atomic mass is 10.3. The quantitative estimate of drug-likeness (QED) is 0.595. The summed E-state index contributed by atoms with van der Waals surface area (Å²) in [7, 11) is 0. The van der Waals surface area contributed by atoms with Gasteiger partial charge in [-0.3, -0.25) is 4.79 Å². The Kier molecular flexibility index (Phi) is 2.95. The Balaban J connectivity index is 2.08. The summed E-state index contributed by atoms with van der Waals surface area (Å²) in [5.41, 5.74) is 5.36. The SMILES string of the molecule is NCc1ccc(C(=O)N2CC(O)C(O)C2)o1. The van der Waals surface area contributed by atoms with Gasteiger partial charge in [0.1, 0.15) is 5.76 Å². The van der Waals surface area contributed by atoms with Crippen molar-refractivity contribution in [2.75, 3.05) is 13.1 Å². The fourth-order valence-electron chi connectivity index (χ4n) is 1.69. The molecule has 6 nitrogen and oxygen atoms in total. The molecule has 2 heterocycles. The Morgan fingerprint density at radius 1 is 1.44 bits per heavy atom. The van der Waals surface area contributed by atoms with E-state index < -0.39 is 12.2 Å². The molecule has 0 spiro atoms. The van der Waals surface area contributed by atoms with Crippen molar-refractivity contribution in [3.63, 3.8) is 0 Å². The van der Waals surface area contributed by atoms with E-state index in [1.165, 1.54) is 4.90 Å². The van der Waals surface area contributed by atoms with Gasteiger partial charge in [0.15, 0.2) is 5.76 Å². The maximum Gasteiger partial charge on any atom is 0.289 e. The van der Waals surface area contributed by atoms with Crippen molar-refractivity contribution >= 4 is 5.91 Å². The Bertz CT molecular complexity index is 380. The van der Waals surface area contributed by atoms with Crippen LogP contribution in [0.25, 0.3) is 0 Å². The second kappa shape index (κ2) is 4.25. The monoisotopic (exact) mass is 226 g/mol. The number of nitrogens with zero attached hydrogens (tertiary/aromatic N) is 1. The van der Waals surface area contributed by atoms with Crippen molar-refractivity contribution in [2.45, 2.75) is 18.8 Å². The van der Waals surface area contributed by atoms with Crippen molar-refractivity contribution in [2.24, 2.45) is 5.73 Å². The first-order valence-electron chi connectivity index (χ1n) is 5.06. The molecule has 0 aromatic carbocycles. The van der Waals surface area contributed by atoms with Gasteiger partial charge < -0.3 is 25.3 Å². The lowest BCUT2D eigenvalue weighted by Gasteiger charge is -2.12. The van der Waals surface area contributed by atoms with Crippen molar-refractivity contribution in [3.05, 3.63) is 23.7 Å². The Hall–Kier alpha value is -1.37. The zero-order chi connectivity index (χ0) is 11.7. The molecular weight excluding hydrogens is 212 g/mol. The molecule has 1 aromatic rings. The minimum atomic E-state index is -0.882. The molecule has 1 fully saturated rings. The van der Waals surface area contributed by atoms with Gasteiger partial charge in [0, 0.05) is 13.1 Å². The zero-order valence-electron chi connectivity index (χ0n) is 8.67. The maximum atomic E-state index is 11.8. The van der Waals surface area contributed by atoms with Gasteiger partial charge in [-0.1, -0.05) is 0 Å². The van der Waals surface area contributed by atoms with E-state index in [1.807, 2.05) is 0 Å². The van der Waals surface area contributed by atoms with E-state index in [0.717, 1.165) is 0 Å². The predicted octanol–water partition coefficient (Wildman–Crippen LogP) is -1.08. The van der Waals surface area contributed by atoms with Crippen LogP contribution in [-0.2, 0) is 6.54 Å². The summed E-state index contributed by atoms with van der Waals surface area (Å²) in [5, 5.41) is 18.6. The largest absolute Gasteiger partial charge is 0.455 e. The van der Waals surface area contributed by atoms with Gasteiger partial charge in [-0.15, -0.1) is 0 Å². The molecule has 0 radical (unpaired) electrons. The van der Waals surface area contributed by atoms with Crippen LogP contribution in [0.2, 0.25) is 0 Å². The number of β-amino-alcohol motifs (C(OH)–C–C–N with tert-alkyl or cyclic N) is 2. The Morgan fingerprint density at radius 2 is 2.06 bits per heavy atom. The van der Waals surface area contributed by atoms with Crippen LogP contribution in [0.1, 0.15) is 16.3 Å². The molecule has 1 amide bonds. The fraction of sp³-hybridized carbons (Fsp3) is 0.500. The van der Waals surface area contributed by atoms with Gasteiger partial charge in [-0.25, -0.2) is 0 Å². The third-order valence-electron chi connectivity index (χ3n) is 2.62. The zero-order valence-corrected chi connectivity index (χ0v) is 8.67. The maximum absolute atomic E-state index is 11.8. The second-order valence-electron chi connectivity index (χ2n) is 3.81. The van der Waals surface area contributed by atoms with Crippen LogP contribution in [0.15, 0.2) is 16.5 Å². The van der Waals surface area contributed by atoms with Gasteiger partial charge >= 0.3 is 0 Å². The lowest BCUT2D eigenvalue weighted by molar-refractivity contribution is 0.0572. The number of carbonyl (C=O) groups excluding carboxylic acids is 1. The molecule has 0 saturated carbocycles. The average molecular weight is 226 g/mol. The first kappa shape index (κ1) is 11.1. The fourth-order valence-corrected chi connectivity index (χ4v) is 1.69. The van der Waals surface area contributed by atoms with E-state index in [1.54, 1.807) is 12.1 Å². The van der Waals surface area contributed by atoms with Crippen molar-refractivity contribution in [3.8, 4) is 0 Å². The number of furan rings is 1. The molecule has 4 N–H and O–H groups in total. The van der Waals surface area contributed by atoms with E-state index in [9.17, 15) is 15.0 Å². The van der Waals surface area contributed by atoms with Crippen LogP contribution in [-0.4, -0.2) is 46.3 Å². The minimum Gasteiger partial charge on any atom is -0.455 e. The number of hydrogen-bond donors (Lipinski definition) is 3. The number of likely N-dealkylation sites (tertiary alicyclic amines) is 1. The summed E-state index contributed by atoms with van der Waals surface area (Å²) in [6.07, 6.45) is -1.76. The summed E-state index contributed by atoms with van der Waals surface area (Å²) in [4.78, 5) is 13.2. The summed E-state index contributed by atoms with van der Waals surface area (Å²) in [6.45, 7) is 0.482. The number of rotatable bonds is 2. The molecule has 2 rings (SSSR count). The van der Waals surface area contributed by atoms with E-state index in [0.29, 0.717) is 5.76 Å². The molecule has 88 valence electrons. The highest BCUT2D eigenvalue weighted by Gasteiger charge is 2.33. The molecule has 1 aromatic heterocycles. The summed E-state index contributed by atoms with van der Waals surface area (Å²) in [5.74, 6) is 0.376. The number of aliphatic hydroxyl groups excluding tert-OH is 2. The van der Waals surface area contributed by atoms with Crippen LogP contribution in [0.4, 0.5) is 0 Å². The highest BCUT2D eigenvalue weighted by Crippen LogP contribution is 2.16. The molecule has 1 aliphatic rings. The van der Waals surface area contributed by atoms with Gasteiger partial charge in [-0.2, -0.15) is 0 Å². The first-order valence-corrected chi connectivity index (χ1v) is 5.06. The number of nitrogens with two attached hydrogens (primary N) is 1. The van der Waals surface area contributed by atoms with Crippen LogP contribution in [0.5, 0.6) is 0 Å². The molecule has 1 saturated heterocycles. The van der Waals surface area contributed by atoms with Gasteiger partial charge in [0.25, 0.3) is 5.91 Å². The summed E-state index contributed by atoms with van der Waals surface area (Å²) >= 11 is 0. The predicted molar refractivity (Wildman–Crippen MR) is 54.5 cm³/mol. The van der Waals surface area contributed by atoms with E-state index in [2.05, 4.69) is 0 Å². The highest BCUT2D eigenvalue weighted by atomic mass is 16.4. The van der Waals surface area contributed by atoms with E-state index in [-0.39, 0.29) is 31.3 Å². The number of carbonyl (C=O) groups is 1. The molecule has 1 aliphatic heterocycles. The number of hydrogen-bond acceptors (Lipinski definition) is 5. The second-order valence-corrected chi connectivity index (χ2v) is 3.81. The number of amides is 1. The Labute approximate surface area is 92.3 Å². The van der Waals surface area contributed by atoms with Crippen LogP contribution in [0.3, 0.4) is 0 Å². The van der Waals surface area contributed by atoms with Crippen LogP contribution < -0.4 is 5.73 Å². The molecule has 2 unspecified atom stereocenters. The molecule has 2 atom stereocenters. The van der Waals surface area contributed by atoms with Crippen molar-refractivity contribution in [1.82, 2.24) is 4.90 Å². The standard InChI is InChI=1S/C10H14N2O4/c11-3-6-1-2-9(16-6)10(15)12-4-7(13)8(14)5-12/h1-2,7-8,13-14H,3-5,11H2. The summed E-state index contributed by atoms with van der Waals surface area (Å²) in [6, 6.07) is 3.18. The van der Waals surface area contributed by atoms with E-state index >= 15 is 0 Å². The van der Waals surface area contributed by atoms with Crippen LogP contribution >= 0.6 is 0 Å². The number of aliphatic hydroxyl groups is 2. The van der Waals surface area contributed by atoms with Gasteiger partial charge in [0.05, 0.1) is 18.8 Å². The Morgan fingerprint density at radius 3 is 2.56 bits per heavy atom. The first-order chi connectivity index (χ1) is 7.61. The minimum absolute atomic E-state index is 0.124. The van der Waals surface area contributed by atoms with Crippen molar-refractivity contribution in [1.29, 1.82) is 0 Å². The average Bonchev–Trinajstić information content (AvgIpc) is 2.86. The molecule has 0 aliphatic carbocycles. The lowest BCUT2D eigenvalue weighted by Crippen LogP contribution is -2.29. The third-order valence-corrected chi connectivity index (χ3v) is 2.62. The van der Waals surface area contributed by atoms with Crippen molar-refractivity contribution < 1.29 is 19.4 Å². The van der Waals surface area contributed by atoms with Crippen LogP contribution in [0, 0.1) is 0 Å². The van der Waals surface area contributed by atoms with E-state index in [4.69, 9.17) is 10.2 Å². The molecule has 0 bridgehead atoms. The molecule has 16 heavy (non-hydrogen) atoms. The molecular formula is C10H14N2O4. The third kappa shape index (κ3) is 1.95. The topological polar surface area (TPSA) is 99.9 Å². The smallest absolute Gasteiger partial charge is 0.289 e. The summed E-state index contributed by atoms with van der Waals surface area (Å²) < 4.78 is 5.20. The van der Waals surface area contributed by atoms with Gasteiger partial charge in [0.2, 0.25) is 0 Å². The van der Waals surface area contributed by atoms with Gasteiger partial charge in [-0.05, 0) is 12.1 Å². The highest BCUT2D eigenvalue weighted by molar-refractivity contribution is 5.91. The molecule has 6 heteroatoms.